The highest BCUT2D eigenvalue weighted by Crippen LogP contribution is 2.28. The van der Waals surface area contributed by atoms with Crippen molar-refractivity contribution in [2.45, 2.75) is 32.2 Å². The fraction of sp³-hybridized carbons (Fsp3) is 0.438. The Kier molecular flexibility index (Phi) is 3.10. The largest absolute Gasteiger partial charge is 0.480 e. The maximum atomic E-state index is 12.9. The van der Waals surface area contributed by atoms with Crippen LogP contribution in [0.3, 0.4) is 0 Å². The standard InChI is InChI=1S/C16H18N4O2/c1-22-15-11(7-10-3-2-4-12(10)19-15)16(21)20-6-5-13-14(8-20)18-9-17-13/h7,9H,2-6,8H2,1H3,(H,17,18). The van der Waals surface area contributed by atoms with Crippen molar-refractivity contribution >= 4 is 5.91 Å². The molecule has 22 heavy (non-hydrogen) atoms. The van der Waals surface area contributed by atoms with Crippen LogP contribution in [0.1, 0.15) is 39.4 Å². The number of hydrogen-bond acceptors (Lipinski definition) is 4. The Hall–Kier alpha value is -2.37. The number of H-pyrrole nitrogens is 1. The molecule has 1 amide bonds. The number of ether oxygens (including phenoxy) is 1. The number of nitrogens with zero attached hydrogens (tertiary/aromatic N) is 3. The van der Waals surface area contributed by atoms with Crippen molar-refractivity contribution < 1.29 is 9.53 Å². The van der Waals surface area contributed by atoms with Gasteiger partial charge in [0.25, 0.3) is 5.91 Å². The first kappa shape index (κ1) is 13.3. The van der Waals surface area contributed by atoms with E-state index in [0.29, 0.717) is 24.5 Å². The van der Waals surface area contributed by atoms with Gasteiger partial charge in [0.1, 0.15) is 5.56 Å². The number of rotatable bonds is 2. The van der Waals surface area contributed by atoms with E-state index in [0.717, 1.165) is 42.8 Å². The van der Waals surface area contributed by atoms with Crippen molar-refractivity contribution in [1.29, 1.82) is 0 Å². The van der Waals surface area contributed by atoms with Gasteiger partial charge in [-0.15, -0.1) is 0 Å². The number of methoxy groups -OCH3 is 1. The van der Waals surface area contributed by atoms with E-state index in [1.807, 2.05) is 11.0 Å². The number of carbonyl (C=O) groups is 1. The molecule has 0 radical (unpaired) electrons. The lowest BCUT2D eigenvalue weighted by atomic mass is 10.1. The summed E-state index contributed by atoms with van der Waals surface area (Å²) in [6.45, 7) is 1.24. The van der Waals surface area contributed by atoms with E-state index in [-0.39, 0.29) is 5.91 Å². The van der Waals surface area contributed by atoms with E-state index in [1.54, 1.807) is 13.4 Å². The van der Waals surface area contributed by atoms with E-state index in [2.05, 4.69) is 15.0 Å². The van der Waals surface area contributed by atoms with Crippen molar-refractivity contribution in [3.63, 3.8) is 0 Å². The molecule has 0 saturated heterocycles. The molecule has 0 aromatic carbocycles. The molecule has 0 spiro atoms. The minimum absolute atomic E-state index is 0.0145. The third-order valence-electron chi connectivity index (χ3n) is 4.50. The minimum Gasteiger partial charge on any atom is -0.480 e. The highest BCUT2D eigenvalue weighted by molar-refractivity contribution is 5.96. The van der Waals surface area contributed by atoms with Gasteiger partial charge < -0.3 is 14.6 Å². The number of nitrogens with one attached hydrogen (secondary N) is 1. The summed E-state index contributed by atoms with van der Waals surface area (Å²) >= 11 is 0. The molecule has 0 bridgehead atoms. The number of pyridine rings is 1. The quantitative estimate of drug-likeness (QED) is 0.912. The predicted molar refractivity (Wildman–Crippen MR) is 79.8 cm³/mol. The first-order valence-corrected chi connectivity index (χ1v) is 7.63. The zero-order valence-corrected chi connectivity index (χ0v) is 12.6. The Balaban J connectivity index is 1.66. The lowest BCUT2D eigenvalue weighted by Gasteiger charge is -2.26. The van der Waals surface area contributed by atoms with Gasteiger partial charge in [-0.25, -0.2) is 9.97 Å². The lowest BCUT2D eigenvalue weighted by molar-refractivity contribution is 0.0727. The number of aromatic nitrogens is 3. The van der Waals surface area contributed by atoms with Crippen molar-refractivity contribution in [2.75, 3.05) is 13.7 Å². The van der Waals surface area contributed by atoms with Crippen LogP contribution in [0.5, 0.6) is 5.88 Å². The van der Waals surface area contributed by atoms with Crippen LogP contribution in [-0.4, -0.2) is 39.4 Å². The van der Waals surface area contributed by atoms with Gasteiger partial charge in [0.2, 0.25) is 5.88 Å². The van der Waals surface area contributed by atoms with Crippen molar-refractivity contribution in [2.24, 2.45) is 0 Å². The van der Waals surface area contributed by atoms with Crippen molar-refractivity contribution in [3.8, 4) is 5.88 Å². The summed E-state index contributed by atoms with van der Waals surface area (Å²) < 4.78 is 5.36. The van der Waals surface area contributed by atoms with Gasteiger partial charge in [-0.2, -0.15) is 0 Å². The highest BCUT2D eigenvalue weighted by atomic mass is 16.5. The maximum Gasteiger partial charge on any atom is 0.259 e. The Morgan fingerprint density at radius 2 is 2.23 bits per heavy atom. The summed E-state index contributed by atoms with van der Waals surface area (Å²) in [7, 11) is 1.57. The van der Waals surface area contributed by atoms with Crippen LogP contribution < -0.4 is 4.74 Å². The normalized spacial score (nSPS) is 16.3. The number of aromatic amines is 1. The smallest absolute Gasteiger partial charge is 0.259 e. The summed E-state index contributed by atoms with van der Waals surface area (Å²) in [4.78, 5) is 26.6. The van der Waals surface area contributed by atoms with E-state index in [4.69, 9.17) is 4.74 Å². The van der Waals surface area contributed by atoms with Gasteiger partial charge in [0.05, 0.1) is 31.4 Å². The summed E-state index contributed by atoms with van der Waals surface area (Å²) in [6, 6.07) is 1.97. The summed E-state index contributed by atoms with van der Waals surface area (Å²) in [6.07, 6.45) is 5.55. The molecule has 2 aromatic heterocycles. The monoisotopic (exact) mass is 298 g/mol. The van der Waals surface area contributed by atoms with Crippen LogP contribution in [0.25, 0.3) is 0 Å². The maximum absolute atomic E-state index is 12.9. The molecule has 0 atom stereocenters. The Labute approximate surface area is 128 Å². The predicted octanol–water partition coefficient (Wildman–Crippen LogP) is 1.50. The van der Waals surface area contributed by atoms with Gasteiger partial charge in [0.15, 0.2) is 0 Å². The molecule has 0 saturated carbocycles. The van der Waals surface area contributed by atoms with E-state index in [9.17, 15) is 4.79 Å². The number of imidazole rings is 1. The Morgan fingerprint density at radius 3 is 3.09 bits per heavy atom. The third-order valence-corrected chi connectivity index (χ3v) is 4.50. The molecule has 6 heteroatoms. The average molecular weight is 298 g/mol. The number of aryl methyl sites for hydroxylation is 2. The molecule has 2 aromatic rings. The number of carbonyl (C=O) groups excluding carboxylic acids is 1. The van der Waals surface area contributed by atoms with Gasteiger partial charge in [0, 0.05) is 18.7 Å². The Morgan fingerprint density at radius 1 is 1.32 bits per heavy atom. The second-order valence-electron chi connectivity index (χ2n) is 5.81. The topological polar surface area (TPSA) is 71.1 Å². The lowest BCUT2D eigenvalue weighted by Crippen LogP contribution is -2.36. The fourth-order valence-corrected chi connectivity index (χ4v) is 3.32. The van der Waals surface area contributed by atoms with Crippen molar-refractivity contribution in [3.05, 3.63) is 40.6 Å². The van der Waals surface area contributed by atoms with Gasteiger partial charge in [-0.1, -0.05) is 0 Å². The molecule has 0 fully saturated rings. The van der Waals surface area contributed by atoms with Crippen LogP contribution in [0.4, 0.5) is 0 Å². The highest BCUT2D eigenvalue weighted by Gasteiger charge is 2.27. The second kappa shape index (κ2) is 5.12. The van der Waals surface area contributed by atoms with Crippen LogP contribution in [0.15, 0.2) is 12.4 Å². The molecule has 1 N–H and O–H groups in total. The molecule has 1 aliphatic carbocycles. The molecule has 3 heterocycles. The molecule has 2 aliphatic rings. The molecule has 6 nitrogen and oxygen atoms in total. The molecule has 1 aliphatic heterocycles. The minimum atomic E-state index is -0.0145. The van der Waals surface area contributed by atoms with Crippen LogP contribution in [0.2, 0.25) is 0 Å². The fourth-order valence-electron chi connectivity index (χ4n) is 3.32. The average Bonchev–Trinajstić information content (AvgIpc) is 3.20. The zero-order chi connectivity index (χ0) is 15.1. The SMILES string of the molecule is COc1nc2c(cc1C(=O)N1CCc3nc[nH]c3C1)CCC2. The molecular formula is C16H18N4O2. The Bertz CT molecular complexity index is 738. The number of amides is 1. The first-order chi connectivity index (χ1) is 10.8. The van der Waals surface area contributed by atoms with E-state index < -0.39 is 0 Å². The first-order valence-electron chi connectivity index (χ1n) is 7.63. The number of hydrogen-bond donors (Lipinski definition) is 1. The zero-order valence-electron chi connectivity index (χ0n) is 12.6. The molecular weight excluding hydrogens is 280 g/mol. The van der Waals surface area contributed by atoms with Crippen LogP contribution in [-0.2, 0) is 25.8 Å². The summed E-state index contributed by atoms with van der Waals surface area (Å²) in [5, 5.41) is 0. The summed E-state index contributed by atoms with van der Waals surface area (Å²) in [5.74, 6) is 0.431. The third kappa shape index (κ3) is 2.06. The van der Waals surface area contributed by atoms with Gasteiger partial charge in [-0.05, 0) is 30.9 Å². The summed E-state index contributed by atoms with van der Waals surface area (Å²) in [5.41, 5.74) is 4.91. The van der Waals surface area contributed by atoms with Crippen LogP contribution in [0, 0.1) is 0 Å². The number of fused-ring (bicyclic) bond motifs is 2. The van der Waals surface area contributed by atoms with Crippen molar-refractivity contribution in [1.82, 2.24) is 19.9 Å². The van der Waals surface area contributed by atoms with E-state index in [1.165, 1.54) is 5.56 Å². The molecule has 0 unspecified atom stereocenters. The second-order valence-corrected chi connectivity index (χ2v) is 5.81. The van der Waals surface area contributed by atoms with Crippen LogP contribution >= 0.6 is 0 Å². The van der Waals surface area contributed by atoms with Gasteiger partial charge >= 0.3 is 0 Å². The van der Waals surface area contributed by atoms with Gasteiger partial charge in [-0.3, -0.25) is 4.79 Å². The van der Waals surface area contributed by atoms with E-state index >= 15 is 0 Å². The molecule has 4 rings (SSSR count). The molecule has 114 valence electrons.